The first-order valence-electron chi connectivity index (χ1n) is 9.58. The predicted molar refractivity (Wildman–Crippen MR) is 113 cm³/mol. The molecule has 2 aromatic carbocycles. The number of nitrogens with zero attached hydrogens (tertiary/aromatic N) is 2. The molecule has 0 radical (unpaired) electrons. The summed E-state index contributed by atoms with van der Waals surface area (Å²) in [5.41, 5.74) is 0.823. The number of piperidine rings is 1. The predicted octanol–water partition coefficient (Wildman–Crippen LogP) is 3.69. The summed E-state index contributed by atoms with van der Waals surface area (Å²) in [6.45, 7) is 0.841. The van der Waals surface area contributed by atoms with Crippen molar-refractivity contribution in [2.75, 3.05) is 37.5 Å². The van der Waals surface area contributed by atoms with Gasteiger partial charge in [-0.2, -0.15) is 0 Å². The van der Waals surface area contributed by atoms with Crippen LogP contribution < -0.4 is 20.3 Å². The maximum atomic E-state index is 13.8. The van der Waals surface area contributed by atoms with Gasteiger partial charge in [-0.25, -0.2) is 9.18 Å². The zero-order valence-corrected chi connectivity index (χ0v) is 17.4. The lowest BCUT2D eigenvalue weighted by atomic mass is 9.90. The monoisotopic (exact) mass is 432 g/mol. The first-order valence-corrected chi connectivity index (χ1v) is 9.96. The zero-order chi connectivity index (χ0) is 21.5. The van der Waals surface area contributed by atoms with Gasteiger partial charge in [0.25, 0.3) is 5.91 Å². The van der Waals surface area contributed by atoms with Crippen LogP contribution in [-0.4, -0.2) is 49.7 Å². The fourth-order valence-corrected chi connectivity index (χ4v) is 4.25. The number of rotatable bonds is 2. The molecule has 0 aliphatic carbocycles. The molecule has 1 fully saturated rings. The topological polar surface area (TPSA) is 73.9 Å². The summed E-state index contributed by atoms with van der Waals surface area (Å²) in [6, 6.07) is 8.87. The molecule has 0 saturated carbocycles. The van der Waals surface area contributed by atoms with Crippen molar-refractivity contribution in [1.82, 2.24) is 10.2 Å². The number of methoxy groups -OCH3 is 1. The third kappa shape index (κ3) is 3.52. The summed E-state index contributed by atoms with van der Waals surface area (Å²) in [6.07, 6.45) is 1.01. The molecule has 0 aromatic heterocycles. The van der Waals surface area contributed by atoms with Crippen molar-refractivity contribution >= 4 is 34.9 Å². The van der Waals surface area contributed by atoms with Crippen LogP contribution in [0.4, 0.5) is 20.6 Å². The molecule has 2 aliphatic heterocycles. The highest BCUT2D eigenvalue weighted by atomic mass is 35.5. The Balaban J connectivity index is 1.48. The Morgan fingerprint density at radius 2 is 1.97 bits per heavy atom. The minimum Gasteiger partial charge on any atom is -0.495 e. The maximum absolute atomic E-state index is 13.8. The molecule has 30 heavy (non-hydrogen) atoms. The minimum absolute atomic E-state index is 0.232. The van der Waals surface area contributed by atoms with Gasteiger partial charge in [0.05, 0.1) is 24.0 Å². The number of anilines is 2. The average molecular weight is 433 g/mol. The number of ether oxygens (including phenoxy) is 1. The standard InChI is InChI=1S/C21H22ClFN4O3/c1-26-17-12-14(23)4-5-15(17)19(28)25-21(26)7-9-27(10-8-21)20(29)24-16-11-13(22)3-6-18(16)30-2/h3-6,11-12H,7-10H2,1-2H3,(H,24,29)(H,25,28). The van der Waals surface area contributed by atoms with Gasteiger partial charge >= 0.3 is 6.03 Å². The lowest BCUT2D eigenvalue weighted by Gasteiger charge is -2.51. The van der Waals surface area contributed by atoms with E-state index in [1.165, 1.54) is 25.3 Å². The number of fused-ring (bicyclic) bond motifs is 1. The molecule has 0 atom stereocenters. The van der Waals surface area contributed by atoms with Gasteiger partial charge in [-0.15, -0.1) is 0 Å². The molecule has 0 unspecified atom stereocenters. The number of carbonyl (C=O) groups is 2. The molecule has 0 bridgehead atoms. The normalized spacial score (nSPS) is 17.4. The van der Waals surface area contributed by atoms with Crippen LogP contribution in [0.1, 0.15) is 23.2 Å². The molecule has 9 heteroatoms. The van der Waals surface area contributed by atoms with Gasteiger partial charge in [0.1, 0.15) is 17.2 Å². The van der Waals surface area contributed by atoms with Gasteiger partial charge < -0.3 is 25.2 Å². The molecular formula is C21H22ClFN4O3. The fourth-order valence-electron chi connectivity index (χ4n) is 4.08. The van der Waals surface area contributed by atoms with Gasteiger partial charge in [0.15, 0.2) is 0 Å². The third-order valence-corrected chi connectivity index (χ3v) is 6.07. The molecule has 2 aromatic rings. The first kappa shape index (κ1) is 20.3. The smallest absolute Gasteiger partial charge is 0.321 e. The lowest BCUT2D eigenvalue weighted by Crippen LogP contribution is -2.67. The Kier molecular flexibility index (Phi) is 5.19. The van der Waals surface area contributed by atoms with Gasteiger partial charge in [-0.05, 0) is 36.4 Å². The summed E-state index contributed by atoms with van der Waals surface area (Å²) in [7, 11) is 3.36. The SMILES string of the molecule is COc1ccc(Cl)cc1NC(=O)N1CCC2(CC1)NC(=O)c1ccc(F)cc1N2C. The zero-order valence-electron chi connectivity index (χ0n) is 16.7. The number of carbonyl (C=O) groups excluding carboxylic acids is 2. The maximum Gasteiger partial charge on any atom is 0.321 e. The Morgan fingerprint density at radius 1 is 1.23 bits per heavy atom. The van der Waals surface area contributed by atoms with Crippen LogP contribution in [0.15, 0.2) is 36.4 Å². The van der Waals surface area contributed by atoms with E-state index in [1.54, 1.807) is 23.1 Å². The average Bonchev–Trinajstić information content (AvgIpc) is 2.73. The highest BCUT2D eigenvalue weighted by Crippen LogP contribution is 2.37. The number of likely N-dealkylation sites (tertiary alicyclic amines) is 1. The second-order valence-corrected chi connectivity index (χ2v) is 7.90. The van der Waals surface area contributed by atoms with Crippen molar-refractivity contribution in [3.63, 3.8) is 0 Å². The van der Waals surface area contributed by atoms with Gasteiger partial charge in [-0.3, -0.25) is 4.79 Å². The van der Waals surface area contributed by atoms with E-state index in [2.05, 4.69) is 10.6 Å². The van der Waals surface area contributed by atoms with E-state index in [0.717, 1.165) is 0 Å². The number of hydrogen-bond donors (Lipinski definition) is 2. The molecule has 1 saturated heterocycles. The van der Waals surface area contributed by atoms with Gasteiger partial charge in [0, 0.05) is 38.0 Å². The Hall–Kier alpha value is -3.00. The number of nitrogens with one attached hydrogen (secondary N) is 2. The molecule has 2 heterocycles. The van der Waals surface area contributed by atoms with Crippen molar-refractivity contribution in [1.29, 1.82) is 0 Å². The van der Waals surface area contributed by atoms with E-state index >= 15 is 0 Å². The van der Waals surface area contributed by atoms with E-state index in [4.69, 9.17) is 16.3 Å². The van der Waals surface area contributed by atoms with Crippen molar-refractivity contribution in [2.24, 2.45) is 0 Å². The molecule has 4 rings (SSSR count). The van der Waals surface area contributed by atoms with Crippen LogP contribution in [0.5, 0.6) is 5.75 Å². The van der Waals surface area contributed by atoms with Crippen LogP contribution in [0.3, 0.4) is 0 Å². The van der Waals surface area contributed by atoms with Crippen LogP contribution in [0, 0.1) is 5.82 Å². The van der Waals surface area contributed by atoms with E-state index < -0.39 is 11.5 Å². The summed E-state index contributed by atoms with van der Waals surface area (Å²) < 4.78 is 19.0. The second kappa shape index (κ2) is 7.68. The van der Waals surface area contributed by atoms with E-state index in [-0.39, 0.29) is 11.9 Å². The molecule has 2 N–H and O–H groups in total. The molecule has 2 aliphatic rings. The summed E-state index contributed by atoms with van der Waals surface area (Å²) in [4.78, 5) is 28.9. The van der Waals surface area contributed by atoms with Crippen LogP contribution >= 0.6 is 11.6 Å². The van der Waals surface area contributed by atoms with Crippen LogP contribution in [0.2, 0.25) is 5.02 Å². The molecule has 3 amide bonds. The van der Waals surface area contributed by atoms with Crippen LogP contribution in [0.25, 0.3) is 0 Å². The third-order valence-electron chi connectivity index (χ3n) is 5.83. The number of urea groups is 1. The van der Waals surface area contributed by atoms with E-state index in [9.17, 15) is 14.0 Å². The Bertz CT molecular complexity index is 1010. The van der Waals surface area contributed by atoms with Crippen molar-refractivity contribution in [2.45, 2.75) is 18.5 Å². The van der Waals surface area contributed by atoms with Crippen molar-refractivity contribution in [3.8, 4) is 5.75 Å². The number of hydrogen-bond acceptors (Lipinski definition) is 4. The Labute approximate surface area is 178 Å². The van der Waals surface area contributed by atoms with Crippen molar-refractivity contribution < 1.29 is 18.7 Å². The minimum atomic E-state index is -0.664. The largest absolute Gasteiger partial charge is 0.495 e. The summed E-state index contributed by atoms with van der Waals surface area (Å²) in [5, 5.41) is 6.38. The molecule has 158 valence electrons. The number of amides is 3. The number of halogens is 2. The van der Waals surface area contributed by atoms with Crippen molar-refractivity contribution in [3.05, 3.63) is 52.8 Å². The Morgan fingerprint density at radius 3 is 2.67 bits per heavy atom. The lowest BCUT2D eigenvalue weighted by molar-refractivity contribution is 0.0815. The number of benzene rings is 2. The second-order valence-electron chi connectivity index (χ2n) is 7.47. The summed E-state index contributed by atoms with van der Waals surface area (Å²) in [5.74, 6) is -0.110. The van der Waals surface area contributed by atoms with Crippen LogP contribution in [-0.2, 0) is 0 Å². The highest BCUT2D eigenvalue weighted by molar-refractivity contribution is 6.31. The van der Waals surface area contributed by atoms with E-state index in [0.29, 0.717) is 53.6 Å². The van der Waals surface area contributed by atoms with E-state index in [1.807, 2.05) is 11.9 Å². The molecule has 7 nitrogen and oxygen atoms in total. The van der Waals surface area contributed by atoms with Gasteiger partial charge in [-0.1, -0.05) is 11.6 Å². The first-order chi connectivity index (χ1) is 14.3. The molecular weight excluding hydrogens is 411 g/mol. The molecule has 1 spiro atoms. The highest BCUT2D eigenvalue weighted by Gasteiger charge is 2.45. The van der Waals surface area contributed by atoms with Gasteiger partial charge in [0.2, 0.25) is 0 Å². The summed E-state index contributed by atoms with van der Waals surface area (Å²) >= 11 is 6.03. The quantitative estimate of drug-likeness (QED) is 0.759. The fraction of sp³-hybridized carbons (Fsp3) is 0.333.